The lowest BCUT2D eigenvalue weighted by Crippen LogP contribution is -2.40. The van der Waals surface area contributed by atoms with Crippen LogP contribution in [0.1, 0.15) is 77.3 Å². The van der Waals surface area contributed by atoms with Crippen molar-refractivity contribution in [3.05, 3.63) is 42.1 Å². The highest BCUT2D eigenvalue weighted by molar-refractivity contribution is 5.78. The summed E-state index contributed by atoms with van der Waals surface area (Å²) in [5, 5.41) is 1.14. The standard InChI is InChI=1S/C24H37NO2/c1-5-7-8-9-10-11-16-21(14-6-2)24(26-3,27-4)23-19-18-20-15-12-13-17-22(20)25-23/h12-13,15,17-19,21H,5-11,14,16H2,1-4H3. The number of methoxy groups -OCH3 is 2. The van der Waals surface area contributed by atoms with Gasteiger partial charge < -0.3 is 9.47 Å². The molecule has 150 valence electrons. The number of unbranched alkanes of at least 4 members (excludes halogenated alkanes) is 5. The van der Waals surface area contributed by atoms with Gasteiger partial charge in [0, 0.05) is 25.5 Å². The molecule has 1 aromatic carbocycles. The van der Waals surface area contributed by atoms with E-state index in [4.69, 9.17) is 14.5 Å². The van der Waals surface area contributed by atoms with Gasteiger partial charge in [0.05, 0.1) is 5.52 Å². The van der Waals surface area contributed by atoms with Gasteiger partial charge in [0.15, 0.2) is 0 Å². The zero-order valence-electron chi connectivity index (χ0n) is 17.7. The normalized spacial score (nSPS) is 13.2. The van der Waals surface area contributed by atoms with E-state index < -0.39 is 5.79 Å². The average Bonchev–Trinajstić information content (AvgIpc) is 2.71. The third-order valence-electron chi connectivity index (χ3n) is 5.64. The first kappa shape index (κ1) is 21.8. The lowest BCUT2D eigenvalue weighted by Gasteiger charge is -2.38. The monoisotopic (exact) mass is 371 g/mol. The Bertz CT molecular complexity index is 666. The molecule has 0 aliphatic rings. The molecule has 0 bridgehead atoms. The molecule has 0 spiro atoms. The molecule has 1 aromatic heterocycles. The Balaban J connectivity index is 2.20. The van der Waals surface area contributed by atoms with Crippen LogP contribution in [0.15, 0.2) is 36.4 Å². The SMILES string of the molecule is CCCCCCCCC(CCC)C(OC)(OC)c1ccc2ccccc2n1. The van der Waals surface area contributed by atoms with Crippen LogP contribution >= 0.6 is 0 Å². The van der Waals surface area contributed by atoms with E-state index in [0.717, 1.165) is 35.9 Å². The second kappa shape index (κ2) is 11.4. The highest BCUT2D eigenvalue weighted by atomic mass is 16.7. The van der Waals surface area contributed by atoms with Crippen molar-refractivity contribution in [3.8, 4) is 0 Å². The van der Waals surface area contributed by atoms with Crippen LogP contribution in [0.3, 0.4) is 0 Å². The third kappa shape index (κ3) is 5.52. The fourth-order valence-corrected chi connectivity index (χ4v) is 4.14. The van der Waals surface area contributed by atoms with Gasteiger partial charge in [-0.2, -0.15) is 0 Å². The number of hydrogen-bond acceptors (Lipinski definition) is 3. The minimum Gasteiger partial charge on any atom is -0.348 e. The lowest BCUT2D eigenvalue weighted by molar-refractivity contribution is -0.255. The first-order valence-corrected chi connectivity index (χ1v) is 10.7. The molecule has 1 heterocycles. The summed E-state index contributed by atoms with van der Waals surface area (Å²) in [6.07, 6.45) is 11.1. The van der Waals surface area contributed by atoms with Crippen molar-refractivity contribution < 1.29 is 9.47 Å². The number of fused-ring (bicyclic) bond motifs is 1. The number of hydrogen-bond donors (Lipinski definition) is 0. The molecule has 1 unspecified atom stereocenters. The Kier molecular flexibility index (Phi) is 9.23. The van der Waals surface area contributed by atoms with Gasteiger partial charge in [0.25, 0.3) is 0 Å². The highest BCUT2D eigenvalue weighted by Crippen LogP contribution is 2.39. The summed E-state index contributed by atoms with van der Waals surface area (Å²) < 4.78 is 12.1. The molecule has 0 aliphatic carbocycles. The van der Waals surface area contributed by atoms with Crippen LogP contribution in [-0.4, -0.2) is 19.2 Å². The number of pyridine rings is 1. The smallest absolute Gasteiger partial charge is 0.214 e. The summed E-state index contributed by atoms with van der Waals surface area (Å²) in [5.41, 5.74) is 1.87. The topological polar surface area (TPSA) is 31.4 Å². The van der Waals surface area contributed by atoms with Crippen molar-refractivity contribution in [1.29, 1.82) is 0 Å². The maximum Gasteiger partial charge on any atom is 0.214 e. The Morgan fingerprint density at radius 3 is 2.22 bits per heavy atom. The minimum atomic E-state index is -0.774. The fraction of sp³-hybridized carbons (Fsp3) is 0.625. The molecule has 3 nitrogen and oxygen atoms in total. The van der Waals surface area contributed by atoms with E-state index in [9.17, 15) is 0 Å². The number of benzene rings is 1. The second-order valence-corrected chi connectivity index (χ2v) is 7.51. The first-order chi connectivity index (χ1) is 13.2. The van der Waals surface area contributed by atoms with E-state index in [0.29, 0.717) is 5.92 Å². The zero-order chi connectivity index (χ0) is 19.5. The summed E-state index contributed by atoms with van der Waals surface area (Å²) in [4.78, 5) is 4.91. The summed E-state index contributed by atoms with van der Waals surface area (Å²) in [6.45, 7) is 4.50. The van der Waals surface area contributed by atoms with Gasteiger partial charge in [-0.25, -0.2) is 4.98 Å². The van der Waals surface area contributed by atoms with Gasteiger partial charge >= 0.3 is 0 Å². The molecule has 0 saturated carbocycles. The lowest BCUT2D eigenvalue weighted by atomic mass is 9.85. The molecule has 3 heteroatoms. The van der Waals surface area contributed by atoms with E-state index in [1.54, 1.807) is 14.2 Å². The van der Waals surface area contributed by atoms with E-state index >= 15 is 0 Å². The summed E-state index contributed by atoms with van der Waals surface area (Å²) in [5.74, 6) is -0.471. The molecule has 0 fully saturated rings. The largest absolute Gasteiger partial charge is 0.348 e. The van der Waals surface area contributed by atoms with Crippen LogP contribution in [0.2, 0.25) is 0 Å². The number of nitrogens with zero attached hydrogens (tertiary/aromatic N) is 1. The predicted octanol–water partition coefficient (Wildman–Crippen LogP) is 6.85. The van der Waals surface area contributed by atoms with Crippen LogP contribution in [0, 0.1) is 5.92 Å². The van der Waals surface area contributed by atoms with Gasteiger partial charge in [0.1, 0.15) is 5.69 Å². The number of ether oxygens (including phenoxy) is 2. The molecule has 0 aliphatic heterocycles. The maximum atomic E-state index is 6.05. The average molecular weight is 372 g/mol. The maximum absolute atomic E-state index is 6.05. The molecule has 2 aromatic rings. The molecule has 0 amide bonds. The summed E-state index contributed by atoms with van der Waals surface area (Å²) in [6, 6.07) is 12.4. The molecule has 0 radical (unpaired) electrons. The molecule has 1 atom stereocenters. The van der Waals surface area contributed by atoms with Gasteiger partial charge in [-0.15, -0.1) is 0 Å². The van der Waals surface area contributed by atoms with Crippen LogP contribution in [0.25, 0.3) is 10.9 Å². The molecule has 2 rings (SSSR count). The van der Waals surface area contributed by atoms with E-state index in [1.807, 2.05) is 12.1 Å². The van der Waals surface area contributed by atoms with E-state index in [2.05, 4.69) is 38.1 Å². The van der Waals surface area contributed by atoms with Crippen LogP contribution in [0.5, 0.6) is 0 Å². The van der Waals surface area contributed by atoms with Gasteiger partial charge in [-0.3, -0.25) is 0 Å². The minimum absolute atomic E-state index is 0.303. The van der Waals surface area contributed by atoms with E-state index in [1.165, 1.54) is 38.5 Å². The van der Waals surface area contributed by atoms with Crippen molar-refractivity contribution in [3.63, 3.8) is 0 Å². The molecule has 0 N–H and O–H groups in total. The Labute approximate surface area is 165 Å². The molecular formula is C24H37NO2. The highest BCUT2D eigenvalue weighted by Gasteiger charge is 2.41. The number of para-hydroxylation sites is 1. The fourth-order valence-electron chi connectivity index (χ4n) is 4.14. The predicted molar refractivity (Wildman–Crippen MR) is 114 cm³/mol. The van der Waals surface area contributed by atoms with Crippen LogP contribution < -0.4 is 0 Å². The zero-order valence-corrected chi connectivity index (χ0v) is 17.7. The molecule has 0 saturated heterocycles. The van der Waals surface area contributed by atoms with Crippen molar-refractivity contribution in [2.45, 2.75) is 77.4 Å². The molecular weight excluding hydrogens is 334 g/mol. The molecule has 27 heavy (non-hydrogen) atoms. The Morgan fingerprint density at radius 2 is 1.52 bits per heavy atom. The van der Waals surface area contributed by atoms with Gasteiger partial charge in [0.2, 0.25) is 5.79 Å². The Hall–Kier alpha value is -1.45. The van der Waals surface area contributed by atoms with E-state index in [-0.39, 0.29) is 0 Å². The summed E-state index contributed by atoms with van der Waals surface area (Å²) >= 11 is 0. The van der Waals surface area contributed by atoms with Gasteiger partial charge in [-0.1, -0.05) is 83.1 Å². The van der Waals surface area contributed by atoms with Crippen molar-refractivity contribution in [1.82, 2.24) is 4.98 Å². The van der Waals surface area contributed by atoms with Crippen molar-refractivity contribution >= 4 is 10.9 Å². The number of aromatic nitrogens is 1. The number of rotatable bonds is 13. The third-order valence-corrected chi connectivity index (χ3v) is 5.64. The van der Waals surface area contributed by atoms with Gasteiger partial charge in [-0.05, 0) is 25.0 Å². The van der Waals surface area contributed by atoms with Crippen molar-refractivity contribution in [2.24, 2.45) is 5.92 Å². The van der Waals surface area contributed by atoms with Crippen LogP contribution in [0.4, 0.5) is 0 Å². The quantitative estimate of drug-likeness (QED) is 0.285. The summed E-state index contributed by atoms with van der Waals surface area (Å²) in [7, 11) is 3.51. The van der Waals surface area contributed by atoms with Crippen molar-refractivity contribution in [2.75, 3.05) is 14.2 Å². The van der Waals surface area contributed by atoms with Crippen LogP contribution in [-0.2, 0) is 15.3 Å². The first-order valence-electron chi connectivity index (χ1n) is 10.7. The Morgan fingerprint density at radius 1 is 0.815 bits per heavy atom. The second-order valence-electron chi connectivity index (χ2n) is 7.51.